The molecule has 1 aliphatic rings. The van der Waals surface area contributed by atoms with Gasteiger partial charge in [-0.1, -0.05) is 19.3 Å². The second-order valence-corrected chi connectivity index (χ2v) is 5.00. The maximum atomic E-state index is 12.0. The van der Waals surface area contributed by atoms with Crippen LogP contribution in [0.25, 0.3) is 0 Å². The Balaban J connectivity index is 2.01. The number of hydrogen-bond donors (Lipinski definition) is 0. The van der Waals surface area contributed by atoms with Gasteiger partial charge in [0.15, 0.2) is 5.78 Å². The van der Waals surface area contributed by atoms with Crippen molar-refractivity contribution in [1.29, 1.82) is 0 Å². The van der Waals surface area contributed by atoms with Crippen LogP contribution in [0.3, 0.4) is 0 Å². The van der Waals surface area contributed by atoms with Crippen molar-refractivity contribution >= 4 is 5.78 Å². The van der Waals surface area contributed by atoms with Gasteiger partial charge in [-0.15, -0.1) is 0 Å². The van der Waals surface area contributed by atoms with E-state index in [1.807, 2.05) is 13.8 Å². The van der Waals surface area contributed by atoms with Crippen LogP contribution < -0.4 is 4.74 Å². The van der Waals surface area contributed by atoms with Crippen LogP contribution in [0, 0.1) is 5.92 Å². The topological polar surface area (TPSA) is 39.2 Å². The highest BCUT2D eigenvalue weighted by atomic mass is 16.5. The lowest BCUT2D eigenvalue weighted by Gasteiger charge is -2.24. The Morgan fingerprint density at radius 2 is 2.24 bits per heavy atom. The van der Waals surface area contributed by atoms with Crippen LogP contribution in [0.15, 0.2) is 18.5 Å². The molecule has 0 aromatic carbocycles. The van der Waals surface area contributed by atoms with Gasteiger partial charge < -0.3 is 4.74 Å². The van der Waals surface area contributed by atoms with E-state index in [-0.39, 0.29) is 11.9 Å². The summed E-state index contributed by atoms with van der Waals surface area (Å²) in [6.45, 7) is 3.92. The molecule has 0 aliphatic heterocycles. The Labute approximate surface area is 102 Å². The van der Waals surface area contributed by atoms with Crippen molar-refractivity contribution in [3.05, 3.63) is 24.0 Å². The third kappa shape index (κ3) is 3.29. The van der Waals surface area contributed by atoms with Gasteiger partial charge in [-0.3, -0.25) is 9.78 Å². The van der Waals surface area contributed by atoms with E-state index in [0.29, 0.717) is 23.7 Å². The average Bonchev–Trinajstić information content (AvgIpc) is 2.22. The van der Waals surface area contributed by atoms with Gasteiger partial charge in [-0.05, 0) is 25.8 Å². The maximum Gasteiger partial charge on any atom is 0.164 e. The SMILES string of the molecule is CC(C)Oc1cncc(C(=O)CC2CCC2)c1. The van der Waals surface area contributed by atoms with Crippen LogP contribution in [0.5, 0.6) is 5.75 Å². The van der Waals surface area contributed by atoms with Crippen molar-refractivity contribution in [2.45, 2.75) is 45.6 Å². The molecule has 1 aromatic rings. The van der Waals surface area contributed by atoms with Crippen LogP contribution in [0.1, 0.15) is 49.9 Å². The number of pyridine rings is 1. The molecule has 92 valence electrons. The Bertz CT molecular complexity index is 397. The monoisotopic (exact) mass is 233 g/mol. The lowest BCUT2D eigenvalue weighted by molar-refractivity contribution is 0.0935. The van der Waals surface area contributed by atoms with E-state index in [4.69, 9.17) is 4.74 Å². The minimum absolute atomic E-state index is 0.105. The first kappa shape index (κ1) is 12.1. The number of ketones is 1. The zero-order valence-electron chi connectivity index (χ0n) is 10.5. The van der Waals surface area contributed by atoms with E-state index >= 15 is 0 Å². The molecule has 0 atom stereocenters. The van der Waals surface area contributed by atoms with Crippen LogP contribution in [0.2, 0.25) is 0 Å². The van der Waals surface area contributed by atoms with Gasteiger partial charge >= 0.3 is 0 Å². The molecule has 1 aliphatic carbocycles. The Morgan fingerprint density at radius 3 is 2.82 bits per heavy atom. The Morgan fingerprint density at radius 1 is 1.47 bits per heavy atom. The number of ether oxygens (including phenoxy) is 1. The summed E-state index contributed by atoms with van der Waals surface area (Å²) >= 11 is 0. The average molecular weight is 233 g/mol. The molecular formula is C14H19NO2. The molecule has 1 heterocycles. The van der Waals surface area contributed by atoms with Crippen molar-refractivity contribution in [3.8, 4) is 5.75 Å². The molecule has 17 heavy (non-hydrogen) atoms. The molecule has 1 aromatic heterocycles. The predicted molar refractivity (Wildman–Crippen MR) is 66.3 cm³/mol. The van der Waals surface area contributed by atoms with E-state index in [2.05, 4.69) is 4.98 Å². The highest BCUT2D eigenvalue weighted by molar-refractivity contribution is 5.96. The number of Topliss-reactive ketones (excluding diaryl/α,β-unsaturated/α-hetero) is 1. The third-order valence-electron chi connectivity index (χ3n) is 3.11. The minimum atomic E-state index is 0.105. The first-order chi connectivity index (χ1) is 8.15. The highest BCUT2D eigenvalue weighted by Crippen LogP contribution is 2.30. The number of rotatable bonds is 5. The van der Waals surface area contributed by atoms with Gasteiger partial charge in [0.25, 0.3) is 0 Å². The maximum absolute atomic E-state index is 12.0. The lowest BCUT2D eigenvalue weighted by atomic mass is 9.81. The smallest absolute Gasteiger partial charge is 0.164 e. The molecular weight excluding hydrogens is 214 g/mol. The molecule has 0 amide bonds. The molecule has 0 spiro atoms. The molecule has 1 saturated carbocycles. The summed E-state index contributed by atoms with van der Waals surface area (Å²) < 4.78 is 5.54. The first-order valence-electron chi connectivity index (χ1n) is 6.30. The van der Waals surface area contributed by atoms with Crippen LogP contribution in [0.4, 0.5) is 0 Å². The van der Waals surface area contributed by atoms with Gasteiger partial charge in [0, 0.05) is 18.2 Å². The van der Waals surface area contributed by atoms with E-state index in [0.717, 1.165) is 0 Å². The quantitative estimate of drug-likeness (QED) is 0.733. The van der Waals surface area contributed by atoms with Crippen molar-refractivity contribution in [3.63, 3.8) is 0 Å². The summed E-state index contributed by atoms with van der Waals surface area (Å²) in [6, 6.07) is 1.80. The van der Waals surface area contributed by atoms with Gasteiger partial charge in [-0.2, -0.15) is 0 Å². The normalized spacial score (nSPS) is 15.7. The molecule has 3 heteroatoms. The summed E-state index contributed by atoms with van der Waals surface area (Å²) in [5.41, 5.74) is 0.676. The fraction of sp³-hybridized carbons (Fsp3) is 0.571. The van der Waals surface area contributed by atoms with Gasteiger partial charge in [0.2, 0.25) is 0 Å². The fourth-order valence-electron chi connectivity index (χ4n) is 1.98. The molecule has 1 fully saturated rings. The van der Waals surface area contributed by atoms with E-state index < -0.39 is 0 Å². The van der Waals surface area contributed by atoms with Crippen molar-refractivity contribution in [2.24, 2.45) is 5.92 Å². The number of aromatic nitrogens is 1. The molecule has 0 N–H and O–H groups in total. The van der Waals surface area contributed by atoms with E-state index in [9.17, 15) is 4.79 Å². The van der Waals surface area contributed by atoms with Gasteiger partial charge in [0.05, 0.1) is 12.3 Å². The zero-order valence-corrected chi connectivity index (χ0v) is 10.5. The summed E-state index contributed by atoms with van der Waals surface area (Å²) in [5, 5.41) is 0. The summed E-state index contributed by atoms with van der Waals surface area (Å²) in [6.07, 6.45) is 7.71. The Hall–Kier alpha value is -1.38. The lowest BCUT2D eigenvalue weighted by Crippen LogP contribution is -2.16. The van der Waals surface area contributed by atoms with E-state index in [1.54, 1.807) is 18.5 Å². The molecule has 2 rings (SSSR count). The second-order valence-electron chi connectivity index (χ2n) is 5.00. The minimum Gasteiger partial charge on any atom is -0.489 e. The van der Waals surface area contributed by atoms with Crippen molar-refractivity contribution < 1.29 is 9.53 Å². The number of nitrogens with zero attached hydrogens (tertiary/aromatic N) is 1. The van der Waals surface area contributed by atoms with E-state index in [1.165, 1.54) is 19.3 Å². The van der Waals surface area contributed by atoms with Crippen LogP contribution in [-0.4, -0.2) is 16.9 Å². The molecule has 3 nitrogen and oxygen atoms in total. The van der Waals surface area contributed by atoms with Crippen molar-refractivity contribution in [2.75, 3.05) is 0 Å². The highest BCUT2D eigenvalue weighted by Gasteiger charge is 2.21. The molecule has 0 saturated heterocycles. The Kier molecular flexibility index (Phi) is 3.77. The molecule has 0 unspecified atom stereocenters. The van der Waals surface area contributed by atoms with Gasteiger partial charge in [0.1, 0.15) is 5.75 Å². The molecule has 0 bridgehead atoms. The summed E-state index contributed by atoms with van der Waals surface area (Å²) in [4.78, 5) is 16.1. The number of hydrogen-bond acceptors (Lipinski definition) is 3. The second kappa shape index (κ2) is 5.30. The standard InChI is InChI=1S/C14H19NO2/c1-10(2)17-13-7-12(8-15-9-13)14(16)6-11-4-3-5-11/h7-11H,3-6H2,1-2H3. The summed E-state index contributed by atoms with van der Waals surface area (Å²) in [7, 11) is 0. The molecule has 0 radical (unpaired) electrons. The number of carbonyl (C=O) groups excluding carboxylic acids is 1. The summed E-state index contributed by atoms with van der Waals surface area (Å²) in [5.74, 6) is 1.47. The zero-order chi connectivity index (χ0) is 12.3. The van der Waals surface area contributed by atoms with Gasteiger partial charge in [-0.25, -0.2) is 0 Å². The van der Waals surface area contributed by atoms with Crippen LogP contribution in [-0.2, 0) is 0 Å². The largest absolute Gasteiger partial charge is 0.489 e. The fourth-order valence-corrected chi connectivity index (χ4v) is 1.98. The van der Waals surface area contributed by atoms with Crippen molar-refractivity contribution in [1.82, 2.24) is 4.98 Å². The third-order valence-corrected chi connectivity index (χ3v) is 3.11. The predicted octanol–water partition coefficient (Wildman–Crippen LogP) is 3.24. The first-order valence-corrected chi connectivity index (χ1v) is 6.30. The number of carbonyl (C=O) groups is 1. The van der Waals surface area contributed by atoms with Crippen LogP contribution >= 0.6 is 0 Å².